The third kappa shape index (κ3) is 3.29. The van der Waals surface area contributed by atoms with Gasteiger partial charge in [-0.2, -0.15) is 0 Å². The molecule has 0 aromatic heterocycles. The van der Waals surface area contributed by atoms with Crippen molar-refractivity contribution in [2.24, 2.45) is 0 Å². The largest absolute Gasteiger partial charge is 0.298 e. The van der Waals surface area contributed by atoms with Gasteiger partial charge in [0.05, 0.1) is 5.25 Å². The van der Waals surface area contributed by atoms with E-state index in [1.165, 1.54) is 11.1 Å². The van der Waals surface area contributed by atoms with E-state index in [4.69, 9.17) is 0 Å². The molecule has 0 aliphatic heterocycles. The van der Waals surface area contributed by atoms with E-state index in [-0.39, 0.29) is 11.0 Å². The number of hydrogen-bond acceptors (Lipinski definition) is 2. The van der Waals surface area contributed by atoms with Crippen molar-refractivity contribution >= 4 is 16.6 Å². The van der Waals surface area contributed by atoms with E-state index in [1.54, 1.807) is 0 Å². The molecule has 2 unspecified atom stereocenters. The Morgan fingerprint density at radius 1 is 1.17 bits per heavy atom. The van der Waals surface area contributed by atoms with Crippen molar-refractivity contribution in [3.8, 4) is 0 Å². The third-order valence-electron chi connectivity index (χ3n) is 3.41. The minimum absolute atomic E-state index is 0.198. The zero-order valence-electron chi connectivity index (χ0n) is 11.1. The van der Waals surface area contributed by atoms with E-state index in [0.29, 0.717) is 12.2 Å². The average molecular weight is 264 g/mol. The van der Waals surface area contributed by atoms with Crippen LogP contribution in [0.5, 0.6) is 0 Å². The van der Waals surface area contributed by atoms with E-state index < -0.39 is 10.8 Å². The fraction of sp³-hybridized carbons (Fsp3) is 0.533. The van der Waals surface area contributed by atoms with E-state index in [9.17, 15) is 9.00 Å². The molecule has 3 heteroatoms. The second kappa shape index (κ2) is 5.79. The minimum Gasteiger partial charge on any atom is -0.298 e. The fourth-order valence-corrected chi connectivity index (χ4v) is 4.18. The second-order valence-electron chi connectivity index (χ2n) is 5.22. The maximum atomic E-state index is 12.3. The Labute approximate surface area is 111 Å². The van der Waals surface area contributed by atoms with E-state index in [2.05, 4.69) is 18.2 Å². The van der Waals surface area contributed by atoms with Crippen molar-refractivity contribution in [3.63, 3.8) is 0 Å². The molecule has 0 bridgehead atoms. The lowest BCUT2D eigenvalue weighted by atomic mass is 9.99. The van der Waals surface area contributed by atoms with Gasteiger partial charge in [0, 0.05) is 23.0 Å². The van der Waals surface area contributed by atoms with Crippen LogP contribution in [0.15, 0.2) is 18.2 Å². The van der Waals surface area contributed by atoms with E-state index >= 15 is 0 Å². The summed E-state index contributed by atoms with van der Waals surface area (Å²) in [7, 11) is -1.05. The molecule has 1 fully saturated rings. The lowest BCUT2D eigenvalue weighted by Gasteiger charge is -2.20. The van der Waals surface area contributed by atoms with Gasteiger partial charge in [0.25, 0.3) is 0 Å². The van der Waals surface area contributed by atoms with Crippen molar-refractivity contribution in [2.45, 2.75) is 50.5 Å². The molecule has 2 nitrogen and oxygen atoms in total. The fourth-order valence-electron chi connectivity index (χ4n) is 2.65. The summed E-state index contributed by atoms with van der Waals surface area (Å²) >= 11 is 0. The number of hydrogen-bond donors (Lipinski definition) is 0. The highest BCUT2D eigenvalue weighted by Crippen LogP contribution is 2.22. The molecule has 1 aliphatic rings. The van der Waals surface area contributed by atoms with Crippen LogP contribution >= 0.6 is 0 Å². The molecular weight excluding hydrogens is 244 g/mol. The molecule has 0 radical (unpaired) electrons. The summed E-state index contributed by atoms with van der Waals surface area (Å²) in [5.74, 6) is 0.711. The topological polar surface area (TPSA) is 34.1 Å². The number of benzene rings is 1. The Morgan fingerprint density at radius 3 is 2.44 bits per heavy atom. The summed E-state index contributed by atoms with van der Waals surface area (Å²) in [6.07, 6.45) is 3.42. The molecule has 1 aromatic carbocycles. The SMILES string of the molecule is Cc1cc(C)cc(CS(=O)C2CCCCC2=O)c1. The summed E-state index contributed by atoms with van der Waals surface area (Å²) in [6, 6.07) is 6.24. The number of aryl methyl sites for hydroxylation is 2. The Kier molecular flexibility index (Phi) is 4.33. The molecule has 0 amide bonds. The van der Waals surface area contributed by atoms with Gasteiger partial charge in [-0.05, 0) is 32.3 Å². The zero-order chi connectivity index (χ0) is 13.1. The Bertz CT molecular complexity index is 459. The van der Waals surface area contributed by atoms with E-state index in [1.807, 2.05) is 13.8 Å². The van der Waals surface area contributed by atoms with Gasteiger partial charge in [-0.3, -0.25) is 9.00 Å². The summed E-state index contributed by atoms with van der Waals surface area (Å²) in [4.78, 5) is 11.8. The highest BCUT2D eigenvalue weighted by molar-refractivity contribution is 7.85. The number of rotatable bonds is 3. The van der Waals surface area contributed by atoms with Gasteiger partial charge in [-0.15, -0.1) is 0 Å². The smallest absolute Gasteiger partial charge is 0.148 e. The van der Waals surface area contributed by atoms with Crippen LogP contribution in [0.1, 0.15) is 42.4 Å². The first kappa shape index (κ1) is 13.5. The molecule has 1 aromatic rings. The van der Waals surface area contributed by atoms with Crippen molar-refractivity contribution in [1.29, 1.82) is 0 Å². The minimum atomic E-state index is -1.05. The summed E-state index contributed by atoms with van der Waals surface area (Å²) in [6.45, 7) is 4.09. The van der Waals surface area contributed by atoms with Gasteiger partial charge in [0.15, 0.2) is 0 Å². The van der Waals surface area contributed by atoms with Crippen molar-refractivity contribution in [3.05, 3.63) is 34.9 Å². The molecule has 1 saturated carbocycles. The number of carbonyl (C=O) groups excluding carboxylic acids is 1. The van der Waals surface area contributed by atoms with Crippen LogP contribution in [0.2, 0.25) is 0 Å². The quantitative estimate of drug-likeness (QED) is 0.841. The summed E-state index contributed by atoms with van der Waals surface area (Å²) in [5, 5.41) is -0.223. The highest BCUT2D eigenvalue weighted by Gasteiger charge is 2.27. The molecule has 2 atom stereocenters. The number of carbonyl (C=O) groups is 1. The van der Waals surface area contributed by atoms with Crippen molar-refractivity contribution < 1.29 is 9.00 Å². The molecule has 18 heavy (non-hydrogen) atoms. The summed E-state index contributed by atoms with van der Waals surface area (Å²) < 4.78 is 12.3. The maximum Gasteiger partial charge on any atom is 0.148 e. The van der Waals surface area contributed by atoms with Gasteiger partial charge >= 0.3 is 0 Å². The predicted molar refractivity (Wildman–Crippen MR) is 75.0 cm³/mol. The lowest BCUT2D eigenvalue weighted by Crippen LogP contribution is -2.29. The number of ketones is 1. The first-order chi connectivity index (χ1) is 8.56. The molecule has 2 rings (SSSR count). The lowest BCUT2D eigenvalue weighted by molar-refractivity contribution is -0.119. The Hall–Kier alpha value is -0.960. The van der Waals surface area contributed by atoms with Gasteiger partial charge in [-0.1, -0.05) is 35.7 Å². The van der Waals surface area contributed by atoms with Crippen LogP contribution in [0.25, 0.3) is 0 Å². The Balaban J connectivity index is 2.08. The maximum absolute atomic E-state index is 12.3. The van der Waals surface area contributed by atoms with Gasteiger partial charge in [0.2, 0.25) is 0 Å². The standard InChI is InChI=1S/C15H20O2S/c1-11-7-12(2)9-13(8-11)10-18(17)15-6-4-3-5-14(15)16/h7-9,15H,3-6,10H2,1-2H3. The molecule has 0 heterocycles. The van der Waals surface area contributed by atoms with Gasteiger partial charge in [-0.25, -0.2) is 0 Å². The van der Waals surface area contributed by atoms with Crippen LogP contribution in [-0.2, 0) is 21.3 Å². The van der Waals surface area contributed by atoms with Crippen molar-refractivity contribution in [2.75, 3.05) is 0 Å². The zero-order valence-corrected chi connectivity index (χ0v) is 11.9. The molecule has 98 valence electrons. The van der Waals surface area contributed by atoms with Crippen LogP contribution in [0, 0.1) is 13.8 Å². The van der Waals surface area contributed by atoms with Gasteiger partial charge in [0.1, 0.15) is 5.78 Å². The average Bonchev–Trinajstić information content (AvgIpc) is 2.27. The summed E-state index contributed by atoms with van der Waals surface area (Å²) in [5.41, 5.74) is 3.47. The normalized spacial score (nSPS) is 21.9. The van der Waals surface area contributed by atoms with Crippen LogP contribution < -0.4 is 0 Å². The van der Waals surface area contributed by atoms with Crippen LogP contribution in [-0.4, -0.2) is 15.2 Å². The predicted octanol–water partition coefficient (Wildman–Crippen LogP) is 3.06. The first-order valence-corrected chi connectivity index (χ1v) is 7.91. The molecule has 0 spiro atoms. The monoisotopic (exact) mass is 264 g/mol. The number of Topliss-reactive ketones (excluding diaryl/α,β-unsaturated/α-hetero) is 1. The molecule has 1 aliphatic carbocycles. The Morgan fingerprint density at radius 2 is 1.83 bits per heavy atom. The van der Waals surface area contributed by atoms with E-state index in [0.717, 1.165) is 24.8 Å². The molecular formula is C15H20O2S. The highest BCUT2D eigenvalue weighted by atomic mass is 32.2. The molecule has 0 N–H and O–H groups in total. The second-order valence-corrected chi connectivity index (χ2v) is 6.84. The van der Waals surface area contributed by atoms with Crippen molar-refractivity contribution in [1.82, 2.24) is 0 Å². The van der Waals surface area contributed by atoms with Gasteiger partial charge < -0.3 is 0 Å². The van der Waals surface area contributed by atoms with Crippen LogP contribution in [0.3, 0.4) is 0 Å². The van der Waals surface area contributed by atoms with Crippen LogP contribution in [0.4, 0.5) is 0 Å². The third-order valence-corrected chi connectivity index (χ3v) is 5.16. The first-order valence-electron chi connectivity index (χ1n) is 6.53. The molecule has 0 saturated heterocycles.